The number of hydrogen-bond acceptors (Lipinski definition) is 8. The molecule has 0 atom stereocenters. The second-order valence-corrected chi connectivity index (χ2v) is 9.27. The zero-order valence-corrected chi connectivity index (χ0v) is 18.6. The average Bonchev–Trinajstić information content (AvgIpc) is 3.36. The first-order chi connectivity index (χ1) is 14.9. The monoisotopic (exact) mass is 459 g/mol. The van der Waals surface area contributed by atoms with Crippen LogP contribution in [0.15, 0.2) is 57.0 Å². The summed E-state index contributed by atoms with van der Waals surface area (Å²) < 4.78 is 35.9. The van der Waals surface area contributed by atoms with Crippen molar-refractivity contribution in [1.82, 2.24) is 19.7 Å². The number of benzene rings is 2. The summed E-state index contributed by atoms with van der Waals surface area (Å²) in [6, 6.07) is 12.1. The van der Waals surface area contributed by atoms with E-state index in [1.807, 2.05) is 28.8 Å². The lowest BCUT2D eigenvalue weighted by Gasteiger charge is -2.06. The molecule has 0 spiro atoms. The molecule has 2 aromatic carbocycles. The first kappa shape index (κ1) is 21.3. The van der Waals surface area contributed by atoms with Gasteiger partial charge in [0.15, 0.2) is 5.16 Å². The van der Waals surface area contributed by atoms with Crippen LogP contribution < -0.4 is 9.88 Å². The predicted octanol–water partition coefficient (Wildman–Crippen LogP) is 3.44. The molecule has 0 saturated heterocycles. The number of hydrogen-bond donors (Lipinski definition) is 1. The van der Waals surface area contributed by atoms with Crippen molar-refractivity contribution in [2.45, 2.75) is 35.7 Å². The van der Waals surface area contributed by atoms with Crippen molar-refractivity contribution in [3.8, 4) is 17.1 Å². The van der Waals surface area contributed by atoms with Gasteiger partial charge in [-0.3, -0.25) is 0 Å². The van der Waals surface area contributed by atoms with Crippen LogP contribution in [0.3, 0.4) is 0 Å². The fraction of sp³-hybridized carbons (Fsp3) is 0.250. The van der Waals surface area contributed by atoms with Gasteiger partial charge in [0.25, 0.3) is 0 Å². The van der Waals surface area contributed by atoms with Gasteiger partial charge in [-0.15, -0.1) is 0 Å². The largest absolute Gasteiger partial charge is 0.497 e. The lowest BCUT2D eigenvalue weighted by molar-refractivity contribution is 0.391. The summed E-state index contributed by atoms with van der Waals surface area (Å²) in [7, 11) is -2.18. The van der Waals surface area contributed by atoms with E-state index in [0.717, 1.165) is 35.0 Å². The molecule has 4 aromatic rings. The van der Waals surface area contributed by atoms with Crippen molar-refractivity contribution in [2.24, 2.45) is 5.14 Å². The maximum atomic E-state index is 11.7. The van der Waals surface area contributed by atoms with E-state index in [1.165, 1.54) is 23.9 Å². The van der Waals surface area contributed by atoms with Crippen molar-refractivity contribution in [1.29, 1.82) is 0 Å². The van der Waals surface area contributed by atoms with Gasteiger partial charge in [0, 0.05) is 12.1 Å². The number of aromatic nitrogens is 4. The number of fused-ring (bicyclic) bond motifs is 1. The summed E-state index contributed by atoms with van der Waals surface area (Å²) in [5.41, 5.74) is 2.25. The van der Waals surface area contributed by atoms with Gasteiger partial charge < -0.3 is 13.8 Å². The first-order valence-electron chi connectivity index (χ1n) is 9.52. The van der Waals surface area contributed by atoms with Crippen LogP contribution in [0.1, 0.15) is 19.2 Å². The molecule has 0 aliphatic rings. The number of nitrogens with two attached hydrogens (primary N) is 1. The Kier molecular flexibility index (Phi) is 5.99. The van der Waals surface area contributed by atoms with Crippen LogP contribution in [0.25, 0.3) is 22.4 Å². The Labute approximate surface area is 183 Å². The highest BCUT2D eigenvalue weighted by Crippen LogP contribution is 2.29. The highest BCUT2D eigenvalue weighted by molar-refractivity contribution is 7.98. The SMILES string of the molecule is CCCn1c(SCc2nc(-c3ccc(OC)cc3)no2)nc2cc(S(N)(=O)=O)ccc21. The van der Waals surface area contributed by atoms with Crippen molar-refractivity contribution in [2.75, 3.05) is 7.11 Å². The molecule has 0 fully saturated rings. The molecular weight excluding hydrogens is 438 g/mol. The molecule has 2 heterocycles. The summed E-state index contributed by atoms with van der Waals surface area (Å²) in [5.74, 6) is 2.15. The lowest BCUT2D eigenvalue weighted by atomic mass is 10.2. The van der Waals surface area contributed by atoms with Crippen LogP contribution in [0.2, 0.25) is 0 Å². The number of sulfonamides is 1. The van der Waals surface area contributed by atoms with Gasteiger partial charge in [-0.2, -0.15) is 4.98 Å². The molecule has 162 valence electrons. The van der Waals surface area contributed by atoms with Crippen molar-refractivity contribution >= 4 is 32.8 Å². The van der Waals surface area contributed by atoms with E-state index < -0.39 is 10.0 Å². The molecule has 2 N–H and O–H groups in total. The molecule has 0 bridgehead atoms. The molecular formula is C20H21N5O4S2. The number of aryl methyl sites for hydroxylation is 1. The predicted molar refractivity (Wildman–Crippen MR) is 117 cm³/mol. The Hall–Kier alpha value is -2.89. The van der Waals surface area contributed by atoms with Crippen molar-refractivity contribution in [3.63, 3.8) is 0 Å². The highest BCUT2D eigenvalue weighted by Gasteiger charge is 2.16. The summed E-state index contributed by atoms with van der Waals surface area (Å²) in [4.78, 5) is 9.10. The molecule has 31 heavy (non-hydrogen) atoms. The molecule has 0 amide bonds. The molecule has 2 aromatic heterocycles. The Bertz CT molecular complexity index is 1310. The number of thioether (sulfide) groups is 1. The summed E-state index contributed by atoms with van der Waals surface area (Å²) in [6.07, 6.45) is 0.901. The second kappa shape index (κ2) is 8.69. The van der Waals surface area contributed by atoms with E-state index in [-0.39, 0.29) is 4.90 Å². The van der Waals surface area contributed by atoms with Gasteiger partial charge in [-0.25, -0.2) is 18.5 Å². The van der Waals surface area contributed by atoms with Gasteiger partial charge in [0.2, 0.25) is 21.7 Å². The molecule has 4 rings (SSSR count). The normalized spacial score (nSPS) is 11.8. The van der Waals surface area contributed by atoms with Gasteiger partial charge in [-0.05, 0) is 48.9 Å². The third-order valence-electron chi connectivity index (χ3n) is 4.60. The molecule has 0 aliphatic carbocycles. The van der Waals surface area contributed by atoms with E-state index in [1.54, 1.807) is 13.2 Å². The minimum atomic E-state index is -3.79. The first-order valence-corrected chi connectivity index (χ1v) is 12.0. The van der Waals surface area contributed by atoms with Gasteiger partial charge in [-0.1, -0.05) is 23.8 Å². The summed E-state index contributed by atoms with van der Waals surface area (Å²) in [5, 5.41) is 10.0. The Morgan fingerprint density at radius 1 is 1.16 bits per heavy atom. The average molecular weight is 460 g/mol. The summed E-state index contributed by atoms with van der Waals surface area (Å²) >= 11 is 1.45. The van der Waals surface area contributed by atoms with Crippen molar-refractivity contribution in [3.05, 3.63) is 48.4 Å². The fourth-order valence-corrected chi connectivity index (χ4v) is 4.52. The minimum Gasteiger partial charge on any atom is -0.497 e. The third kappa shape index (κ3) is 4.58. The zero-order valence-electron chi connectivity index (χ0n) is 17.0. The number of methoxy groups -OCH3 is 1. The van der Waals surface area contributed by atoms with E-state index in [4.69, 9.17) is 14.4 Å². The van der Waals surface area contributed by atoms with Crippen LogP contribution in [0.4, 0.5) is 0 Å². The molecule has 0 saturated carbocycles. The van der Waals surface area contributed by atoms with E-state index >= 15 is 0 Å². The van der Waals surface area contributed by atoms with E-state index in [2.05, 4.69) is 22.0 Å². The smallest absolute Gasteiger partial charge is 0.238 e. The Balaban J connectivity index is 1.57. The number of ether oxygens (including phenoxy) is 1. The van der Waals surface area contributed by atoms with Crippen LogP contribution in [-0.4, -0.2) is 35.2 Å². The molecule has 0 radical (unpaired) electrons. The highest BCUT2D eigenvalue weighted by atomic mass is 32.2. The fourth-order valence-electron chi connectivity index (χ4n) is 3.11. The van der Waals surface area contributed by atoms with E-state index in [9.17, 15) is 8.42 Å². The zero-order chi connectivity index (χ0) is 22.0. The quantitative estimate of drug-likeness (QED) is 0.397. The Morgan fingerprint density at radius 3 is 2.61 bits per heavy atom. The van der Waals surface area contributed by atoms with Gasteiger partial charge in [0.05, 0.1) is 28.8 Å². The Morgan fingerprint density at radius 2 is 1.94 bits per heavy atom. The van der Waals surface area contributed by atoms with Gasteiger partial charge in [0.1, 0.15) is 5.75 Å². The second-order valence-electron chi connectivity index (χ2n) is 6.77. The maximum absolute atomic E-state index is 11.7. The third-order valence-corrected chi connectivity index (χ3v) is 6.47. The number of primary sulfonamides is 1. The number of rotatable bonds is 8. The standard InChI is InChI=1S/C20H21N5O4S2/c1-3-10-25-17-9-8-15(31(21,26)27)11-16(17)22-20(25)30-12-18-23-19(24-29-18)13-4-6-14(28-2)7-5-13/h4-9,11H,3,10,12H2,1-2H3,(H2,21,26,27). The van der Waals surface area contributed by atoms with Crippen LogP contribution in [-0.2, 0) is 22.3 Å². The molecule has 11 heteroatoms. The van der Waals surface area contributed by atoms with Crippen LogP contribution >= 0.6 is 11.8 Å². The molecule has 9 nitrogen and oxygen atoms in total. The van der Waals surface area contributed by atoms with Crippen LogP contribution in [0, 0.1) is 0 Å². The lowest BCUT2D eigenvalue weighted by Crippen LogP contribution is -2.11. The van der Waals surface area contributed by atoms with Crippen molar-refractivity contribution < 1.29 is 17.7 Å². The summed E-state index contributed by atoms with van der Waals surface area (Å²) in [6.45, 7) is 2.81. The van der Waals surface area contributed by atoms with Crippen LogP contribution in [0.5, 0.6) is 5.75 Å². The maximum Gasteiger partial charge on any atom is 0.238 e. The number of imidazole rings is 1. The number of nitrogens with zero attached hydrogens (tertiary/aromatic N) is 4. The topological polar surface area (TPSA) is 126 Å². The minimum absolute atomic E-state index is 0.0405. The molecule has 0 unspecified atom stereocenters. The molecule has 0 aliphatic heterocycles. The van der Waals surface area contributed by atoms with Gasteiger partial charge >= 0.3 is 0 Å². The van der Waals surface area contributed by atoms with E-state index in [0.29, 0.717) is 23.0 Å².